The molecule has 23 heavy (non-hydrogen) atoms. The Bertz CT molecular complexity index is 482. The van der Waals surface area contributed by atoms with Crippen molar-refractivity contribution < 1.29 is 9.84 Å². The number of nitrogens with one attached hydrogen (secondary N) is 2. The molecule has 0 aromatic heterocycles. The van der Waals surface area contributed by atoms with Crippen LogP contribution in [0.4, 0.5) is 0 Å². The number of aliphatic hydroxyl groups is 1. The quantitative estimate of drug-likeness (QED) is 0.557. The largest absolute Gasteiger partial charge is 0.497 e. The number of hydrogen-bond donors (Lipinski definition) is 3. The van der Waals surface area contributed by atoms with Crippen molar-refractivity contribution in [1.29, 1.82) is 0 Å². The Morgan fingerprint density at radius 3 is 2.57 bits per heavy atom. The summed E-state index contributed by atoms with van der Waals surface area (Å²) in [5.74, 6) is 1.59. The maximum atomic E-state index is 10.3. The lowest BCUT2D eigenvalue weighted by Gasteiger charge is -2.25. The lowest BCUT2D eigenvalue weighted by molar-refractivity contribution is 0.187. The van der Waals surface area contributed by atoms with E-state index in [1.54, 1.807) is 7.11 Å². The molecule has 1 saturated carbocycles. The van der Waals surface area contributed by atoms with Gasteiger partial charge in [0.25, 0.3) is 0 Å². The number of ether oxygens (including phenoxy) is 1. The van der Waals surface area contributed by atoms with Crippen molar-refractivity contribution in [2.75, 3.05) is 20.2 Å². The van der Waals surface area contributed by atoms with Crippen molar-refractivity contribution in [3.63, 3.8) is 0 Å². The molecule has 0 amide bonds. The van der Waals surface area contributed by atoms with Crippen molar-refractivity contribution in [2.45, 2.75) is 51.2 Å². The summed E-state index contributed by atoms with van der Waals surface area (Å²) in [6.07, 6.45) is 5.69. The van der Waals surface area contributed by atoms with Crippen molar-refractivity contribution in [3.05, 3.63) is 29.8 Å². The number of aliphatic hydroxyl groups excluding tert-OH is 1. The van der Waals surface area contributed by atoms with Gasteiger partial charge < -0.3 is 20.5 Å². The summed E-state index contributed by atoms with van der Waals surface area (Å²) in [6.45, 7) is 3.21. The van der Waals surface area contributed by atoms with Crippen LogP contribution in [0.3, 0.4) is 0 Å². The topological polar surface area (TPSA) is 65.9 Å². The molecule has 1 aromatic carbocycles. The molecule has 5 heteroatoms. The molecule has 3 N–H and O–H groups in total. The Morgan fingerprint density at radius 2 is 1.96 bits per heavy atom. The Morgan fingerprint density at radius 1 is 1.26 bits per heavy atom. The summed E-state index contributed by atoms with van der Waals surface area (Å²) >= 11 is 0. The number of benzene rings is 1. The van der Waals surface area contributed by atoms with E-state index in [4.69, 9.17) is 4.74 Å². The molecule has 1 aliphatic carbocycles. The number of rotatable bonds is 6. The van der Waals surface area contributed by atoms with Gasteiger partial charge in [-0.1, -0.05) is 31.4 Å². The van der Waals surface area contributed by atoms with Crippen molar-refractivity contribution in [1.82, 2.24) is 10.6 Å². The molecule has 0 bridgehead atoms. The molecule has 1 unspecified atom stereocenters. The molecule has 1 fully saturated rings. The third kappa shape index (κ3) is 5.75. The minimum atomic E-state index is -0.609. The first kappa shape index (κ1) is 17.6. The van der Waals surface area contributed by atoms with E-state index in [2.05, 4.69) is 22.5 Å². The molecule has 0 radical (unpaired) electrons. The van der Waals surface area contributed by atoms with Gasteiger partial charge in [-0.15, -0.1) is 0 Å². The van der Waals surface area contributed by atoms with Crippen LogP contribution in [-0.4, -0.2) is 37.3 Å². The SMILES string of the molecule is CCNC(=NCC(O)c1ccc(OC)cc1)NC1CCCCC1. The molecule has 0 aliphatic heterocycles. The highest BCUT2D eigenvalue weighted by Gasteiger charge is 2.15. The molecule has 1 aromatic rings. The molecule has 1 atom stereocenters. The number of nitrogens with zero attached hydrogens (tertiary/aromatic N) is 1. The second kappa shape index (κ2) is 9.40. The molecule has 0 heterocycles. The summed E-state index contributed by atoms with van der Waals surface area (Å²) in [4.78, 5) is 4.54. The van der Waals surface area contributed by atoms with Gasteiger partial charge in [-0.3, -0.25) is 4.99 Å². The predicted octanol–water partition coefficient (Wildman–Crippen LogP) is 2.62. The van der Waals surface area contributed by atoms with Crippen LogP contribution in [0.5, 0.6) is 5.75 Å². The predicted molar refractivity (Wildman–Crippen MR) is 93.9 cm³/mol. The van der Waals surface area contributed by atoms with Gasteiger partial charge in [-0.25, -0.2) is 0 Å². The van der Waals surface area contributed by atoms with Gasteiger partial charge in [-0.05, 0) is 37.5 Å². The first-order valence-electron chi connectivity index (χ1n) is 8.59. The van der Waals surface area contributed by atoms with E-state index in [9.17, 15) is 5.11 Å². The van der Waals surface area contributed by atoms with Gasteiger partial charge in [0.15, 0.2) is 5.96 Å². The van der Waals surface area contributed by atoms with Gasteiger partial charge in [0.2, 0.25) is 0 Å². The van der Waals surface area contributed by atoms with Gasteiger partial charge in [0, 0.05) is 12.6 Å². The standard InChI is InChI=1S/C18H29N3O2/c1-3-19-18(21-15-7-5-4-6-8-15)20-13-17(22)14-9-11-16(23-2)12-10-14/h9-12,15,17,22H,3-8,13H2,1-2H3,(H2,19,20,21). The fraction of sp³-hybridized carbons (Fsp3) is 0.611. The van der Waals surface area contributed by atoms with Crippen LogP contribution >= 0.6 is 0 Å². The number of aliphatic imine (C=N–C) groups is 1. The number of hydrogen-bond acceptors (Lipinski definition) is 3. The summed E-state index contributed by atoms with van der Waals surface area (Å²) in [5, 5.41) is 17.1. The zero-order valence-electron chi connectivity index (χ0n) is 14.2. The zero-order valence-corrected chi connectivity index (χ0v) is 14.2. The van der Waals surface area contributed by atoms with E-state index < -0.39 is 6.10 Å². The fourth-order valence-corrected chi connectivity index (χ4v) is 2.87. The van der Waals surface area contributed by atoms with Crippen LogP contribution in [0.15, 0.2) is 29.3 Å². The van der Waals surface area contributed by atoms with E-state index in [0.29, 0.717) is 12.6 Å². The minimum absolute atomic E-state index is 0.342. The van der Waals surface area contributed by atoms with Crippen LogP contribution in [-0.2, 0) is 0 Å². The van der Waals surface area contributed by atoms with Crippen LogP contribution in [0, 0.1) is 0 Å². The highest BCUT2D eigenvalue weighted by Crippen LogP contribution is 2.19. The van der Waals surface area contributed by atoms with Gasteiger partial charge in [0.05, 0.1) is 19.8 Å². The molecular weight excluding hydrogens is 290 g/mol. The van der Waals surface area contributed by atoms with E-state index >= 15 is 0 Å². The summed E-state index contributed by atoms with van der Waals surface area (Å²) in [5.41, 5.74) is 0.850. The van der Waals surface area contributed by atoms with Crippen LogP contribution < -0.4 is 15.4 Å². The highest BCUT2D eigenvalue weighted by molar-refractivity contribution is 5.80. The average Bonchev–Trinajstić information content (AvgIpc) is 2.60. The van der Waals surface area contributed by atoms with Gasteiger partial charge in [-0.2, -0.15) is 0 Å². The lowest BCUT2D eigenvalue weighted by atomic mass is 9.96. The van der Waals surface area contributed by atoms with Crippen LogP contribution in [0.25, 0.3) is 0 Å². The number of guanidine groups is 1. The molecule has 2 rings (SSSR count). The van der Waals surface area contributed by atoms with Gasteiger partial charge in [0.1, 0.15) is 5.75 Å². The van der Waals surface area contributed by atoms with Crippen molar-refractivity contribution >= 4 is 5.96 Å². The molecule has 128 valence electrons. The first-order chi connectivity index (χ1) is 11.2. The monoisotopic (exact) mass is 319 g/mol. The van der Waals surface area contributed by atoms with E-state index in [1.165, 1.54) is 32.1 Å². The Kier molecular flexibility index (Phi) is 7.20. The van der Waals surface area contributed by atoms with E-state index in [0.717, 1.165) is 23.8 Å². The Hall–Kier alpha value is -1.75. The summed E-state index contributed by atoms with van der Waals surface area (Å²) in [7, 11) is 1.63. The van der Waals surface area contributed by atoms with Crippen molar-refractivity contribution in [3.8, 4) is 5.75 Å². The molecule has 1 aliphatic rings. The van der Waals surface area contributed by atoms with E-state index in [-0.39, 0.29) is 0 Å². The Balaban J connectivity index is 1.92. The summed E-state index contributed by atoms with van der Waals surface area (Å²) in [6, 6.07) is 7.96. The third-order valence-corrected chi connectivity index (χ3v) is 4.21. The molecular formula is C18H29N3O2. The first-order valence-corrected chi connectivity index (χ1v) is 8.59. The maximum Gasteiger partial charge on any atom is 0.191 e. The van der Waals surface area contributed by atoms with Crippen LogP contribution in [0.1, 0.15) is 50.7 Å². The van der Waals surface area contributed by atoms with Gasteiger partial charge >= 0.3 is 0 Å². The second-order valence-electron chi connectivity index (χ2n) is 5.99. The third-order valence-electron chi connectivity index (χ3n) is 4.21. The minimum Gasteiger partial charge on any atom is -0.497 e. The summed E-state index contributed by atoms with van der Waals surface area (Å²) < 4.78 is 5.13. The lowest BCUT2D eigenvalue weighted by Crippen LogP contribution is -2.44. The molecule has 0 saturated heterocycles. The fourth-order valence-electron chi connectivity index (χ4n) is 2.87. The van der Waals surface area contributed by atoms with Crippen molar-refractivity contribution in [2.24, 2.45) is 4.99 Å². The second-order valence-corrected chi connectivity index (χ2v) is 5.99. The molecule has 5 nitrogen and oxygen atoms in total. The maximum absolute atomic E-state index is 10.3. The average molecular weight is 319 g/mol. The zero-order chi connectivity index (χ0) is 16.5. The smallest absolute Gasteiger partial charge is 0.191 e. The normalized spacial score (nSPS) is 17.6. The highest BCUT2D eigenvalue weighted by atomic mass is 16.5. The van der Waals surface area contributed by atoms with Crippen LogP contribution in [0.2, 0.25) is 0 Å². The molecule has 0 spiro atoms. The number of methoxy groups -OCH3 is 1. The van der Waals surface area contributed by atoms with E-state index in [1.807, 2.05) is 24.3 Å². The Labute approximate surface area is 139 Å².